The largest absolute Gasteiger partial charge is 0.338 e. The Hall–Kier alpha value is -1.96. The highest BCUT2D eigenvalue weighted by molar-refractivity contribution is 5.94. The van der Waals surface area contributed by atoms with Crippen LogP contribution in [-0.4, -0.2) is 40.5 Å². The van der Waals surface area contributed by atoms with E-state index in [1.165, 1.54) is 4.68 Å². The van der Waals surface area contributed by atoms with Gasteiger partial charge in [0.25, 0.3) is 0 Å². The van der Waals surface area contributed by atoms with Crippen LogP contribution < -0.4 is 16.0 Å². The lowest BCUT2D eigenvalue weighted by atomic mass is 10.5. The van der Waals surface area contributed by atoms with Gasteiger partial charge in [0.15, 0.2) is 0 Å². The quantitative estimate of drug-likeness (QED) is 0.619. The lowest BCUT2D eigenvalue weighted by Gasteiger charge is -2.04. The third-order valence-corrected chi connectivity index (χ3v) is 2.04. The van der Waals surface area contributed by atoms with Crippen LogP contribution in [0.4, 0.5) is 4.79 Å². The molecule has 1 aromatic rings. The minimum absolute atomic E-state index is 0.0315. The van der Waals surface area contributed by atoms with E-state index in [1.54, 1.807) is 13.2 Å². The summed E-state index contributed by atoms with van der Waals surface area (Å²) in [6.07, 6.45) is 2.47. The number of hydrogen-bond donors (Lipinski definition) is 3. The Bertz CT molecular complexity index is 403. The molecular weight excluding hydrogens is 236 g/mol. The summed E-state index contributed by atoms with van der Waals surface area (Å²) in [7, 11) is 1.80. The van der Waals surface area contributed by atoms with E-state index in [-0.39, 0.29) is 6.54 Å². The summed E-state index contributed by atoms with van der Waals surface area (Å²) in [6.45, 7) is 3.02. The molecule has 0 fully saturated rings. The molecule has 1 heterocycles. The first kappa shape index (κ1) is 14.1. The number of imide groups is 1. The van der Waals surface area contributed by atoms with Crippen molar-refractivity contribution in [2.45, 2.75) is 26.4 Å². The number of hydrogen-bond acceptors (Lipinski definition) is 5. The van der Waals surface area contributed by atoms with Gasteiger partial charge < -0.3 is 10.6 Å². The Balaban J connectivity index is 2.36. The lowest BCUT2D eigenvalue weighted by Crippen LogP contribution is -2.41. The van der Waals surface area contributed by atoms with E-state index in [1.807, 2.05) is 6.92 Å². The number of carbonyl (C=O) groups excluding carboxylic acids is 2. The van der Waals surface area contributed by atoms with Crippen LogP contribution in [0.2, 0.25) is 0 Å². The molecule has 0 aliphatic carbocycles. The summed E-state index contributed by atoms with van der Waals surface area (Å²) >= 11 is 0. The van der Waals surface area contributed by atoms with Crippen LogP contribution in [0, 0.1) is 0 Å². The van der Waals surface area contributed by atoms with E-state index in [9.17, 15) is 9.59 Å². The second-order valence-electron chi connectivity index (χ2n) is 3.74. The molecule has 0 atom stereocenters. The van der Waals surface area contributed by atoms with Crippen molar-refractivity contribution in [1.82, 2.24) is 30.9 Å². The zero-order valence-corrected chi connectivity index (χ0v) is 10.6. The highest BCUT2D eigenvalue weighted by Gasteiger charge is 2.09. The Morgan fingerprint density at radius 1 is 1.44 bits per heavy atom. The SMILES string of the molecule is CCCNC(=O)NC(=O)Cn1cc(CNC)nn1. The summed E-state index contributed by atoms with van der Waals surface area (Å²) in [4.78, 5) is 22.7. The average molecular weight is 254 g/mol. The van der Waals surface area contributed by atoms with Crippen molar-refractivity contribution in [3.63, 3.8) is 0 Å². The van der Waals surface area contributed by atoms with E-state index < -0.39 is 11.9 Å². The molecule has 1 rings (SSSR count). The van der Waals surface area contributed by atoms with Gasteiger partial charge in [-0.2, -0.15) is 0 Å². The van der Waals surface area contributed by atoms with Gasteiger partial charge >= 0.3 is 6.03 Å². The van der Waals surface area contributed by atoms with Crippen LogP contribution in [-0.2, 0) is 17.9 Å². The van der Waals surface area contributed by atoms with Crippen molar-refractivity contribution in [2.24, 2.45) is 0 Å². The van der Waals surface area contributed by atoms with Gasteiger partial charge in [0, 0.05) is 13.1 Å². The maximum Gasteiger partial charge on any atom is 0.321 e. The monoisotopic (exact) mass is 254 g/mol. The molecule has 0 unspecified atom stereocenters. The molecule has 18 heavy (non-hydrogen) atoms. The molecule has 0 spiro atoms. The molecule has 0 saturated heterocycles. The van der Waals surface area contributed by atoms with Crippen molar-refractivity contribution in [3.05, 3.63) is 11.9 Å². The first-order chi connectivity index (χ1) is 8.65. The van der Waals surface area contributed by atoms with Gasteiger partial charge in [-0.25, -0.2) is 9.48 Å². The number of nitrogens with zero attached hydrogens (tertiary/aromatic N) is 3. The molecule has 0 radical (unpaired) electrons. The highest BCUT2D eigenvalue weighted by Crippen LogP contribution is 1.91. The number of urea groups is 1. The van der Waals surface area contributed by atoms with E-state index in [4.69, 9.17) is 0 Å². The van der Waals surface area contributed by atoms with E-state index in [0.29, 0.717) is 13.1 Å². The Kier molecular flexibility index (Phi) is 5.78. The molecule has 0 aromatic carbocycles. The maximum atomic E-state index is 11.5. The Morgan fingerprint density at radius 3 is 2.89 bits per heavy atom. The van der Waals surface area contributed by atoms with Crippen LogP contribution >= 0.6 is 0 Å². The van der Waals surface area contributed by atoms with Gasteiger partial charge in [-0.1, -0.05) is 12.1 Å². The molecule has 8 nitrogen and oxygen atoms in total. The molecule has 1 aromatic heterocycles. The molecule has 0 saturated carbocycles. The van der Waals surface area contributed by atoms with Gasteiger partial charge in [0.2, 0.25) is 5.91 Å². The van der Waals surface area contributed by atoms with Crippen molar-refractivity contribution in [3.8, 4) is 0 Å². The van der Waals surface area contributed by atoms with Gasteiger partial charge in [-0.3, -0.25) is 10.1 Å². The van der Waals surface area contributed by atoms with E-state index in [0.717, 1.165) is 12.1 Å². The Labute approximate surface area is 105 Å². The number of rotatable bonds is 6. The lowest BCUT2D eigenvalue weighted by molar-refractivity contribution is -0.120. The topological polar surface area (TPSA) is 101 Å². The van der Waals surface area contributed by atoms with Gasteiger partial charge in [0.05, 0.1) is 11.9 Å². The van der Waals surface area contributed by atoms with Crippen molar-refractivity contribution in [1.29, 1.82) is 0 Å². The number of aromatic nitrogens is 3. The maximum absolute atomic E-state index is 11.5. The second-order valence-corrected chi connectivity index (χ2v) is 3.74. The predicted molar refractivity (Wildman–Crippen MR) is 64.6 cm³/mol. The summed E-state index contributed by atoms with van der Waals surface area (Å²) in [6, 6.07) is -0.489. The van der Waals surface area contributed by atoms with Gasteiger partial charge in [-0.05, 0) is 13.5 Å². The standard InChI is InChI=1S/C10H18N6O2/c1-3-4-12-10(18)13-9(17)7-16-6-8(5-11-2)14-15-16/h6,11H,3-5,7H2,1-2H3,(H2,12,13,17,18). The fraction of sp³-hybridized carbons (Fsp3) is 0.600. The zero-order valence-electron chi connectivity index (χ0n) is 10.6. The number of amides is 3. The number of nitrogens with one attached hydrogen (secondary N) is 3. The fourth-order valence-corrected chi connectivity index (χ4v) is 1.27. The van der Waals surface area contributed by atoms with Crippen molar-refractivity contribution in [2.75, 3.05) is 13.6 Å². The summed E-state index contributed by atoms with van der Waals surface area (Å²) < 4.78 is 1.38. The number of carbonyl (C=O) groups is 2. The summed E-state index contributed by atoms with van der Waals surface area (Å²) in [5, 5.41) is 15.3. The van der Waals surface area contributed by atoms with Crippen LogP contribution in [0.25, 0.3) is 0 Å². The van der Waals surface area contributed by atoms with E-state index in [2.05, 4.69) is 26.3 Å². The molecule has 3 amide bonds. The summed E-state index contributed by atoms with van der Waals surface area (Å²) in [5.74, 6) is -0.426. The molecule has 100 valence electrons. The van der Waals surface area contributed by atoms with Crippen molar-refractivity contribution < 1.29 is 9.59 Å². The average Bonchev–Trinajstić information content (AvgIpc) is 2.74. The highest BCUT2D eigenvalue weighted by atomic mass is 16.2. The molecular formula is C10H18N6O2. The third kappa shape index (κ3) is 4.91. The molecule has 8 heteroatoms. The first-order valence-electron chi connectivity index (χ1n) is 5.77. The fourth-order valence-electron chi connectivity index (χ4n) is 1.27. The van der Waals surface area contributed by atoms with E-state index >= 15 is 0 Å². The second kappa shape index (κ2) is 7.38. The third-order valence-electron chi connectivity index (χ3n) is 2.04. The molecule has 0 aliphatic heterocycles. The van der Waals surface area contributed by atoms with Gasteiger partial charge in [-0.15, -0.1) is 5.10 Å². The predicted octanol–water partition coefficient (Wildman–Crippen LogP) is -0.767. The van der Waals surface area contributed by atoms with Crippen LogP contribution in [0.3, 0.4) is 0 Å². The van der Waals surface area contributed by atoms with Crippen LogP contribution in [0.1, 0.15) is 19.0 Å². The van der Waals surface area contributed by atoms with Crippen LogP contribution in [0.5, 0.6) is 0 Å². The van der Waals surface area contributed by atoms with Crippen LogP contribution in [0.15, 0.2) is 6.20 Å². The van der Waals surface area contributed by atoms with Crippen molar-refractivity contribution >= 4 is 11.9 Å². The molecule has 0 bridgehead atoms. The van der Waals surface area contributed by atoms with Gasteiger partial charge in [0.1, 0.15) is 6.54 Å². The molecule has 3 N–H and O–H groups in total. The first-order valence-corrected chi connectivity index (χ1v) is 5.77. The summed E-state index contributed by atoms with van der Waals surface area (Å²) in [5.41, 5.74) is 0.737. The minimum atomic E-state index is -0.489. The minimum Gasteiger partial charge on any atom is -0.338 e. The molecule has 0 aliphatic rings. The normalized spacial score (nSPS) is 10.1. The smallest absolute Gasteiger partial charge is 0.321 e. The Morgan fingerprint density at radius 2 is 2.22 bits per heavy atom. The zero-order chi connectivity index (χ0) is 13.4.